The number of anilines is 1. The summed E-state index contributed by atoms with van der Waals surface area (Å²) in [5.74, 6) is -0.293. The Morgan fingerprint density at radius 1 is 1.04 bits per heavy atom. The minimum absolute atomic E-state index is 0.164. The number of thiocarbonyl (C=S) groups is 1. The predicted octanol–water partition coefficient (Wildman–Crippen LogP) is 4.34. The second-order valence-electron chi connectivity index (χ2n) is 5.62. The Bertz CT molecular complexity index is 766. The third-order valence-corrected chi connectivity index (χ3v) is 4.38. The molecule has 0 aliphatic carbocycles. The van der Waals surface area contributed by atoms with E-state index in [1.165, 1.54) is 0 Å². The lowest BCUT2D eigenvalue weighted by molar-refractivity contribution is -0.121. The van der Waals surface area contributed by atoms with E-state index in [1.54, 1.807) is 0 Å². The highest BCUT2D eigenvalue weighted by Crippen LogP contribution is 2.29. The number of benzene rings is 2. The third kappa shape index (κ3) is 6.65. The molecule has 0 aromatic heterocycles. The Balaban J connectivity index is 2.00. The monoisotopic (exact) mass is 429 g/mol. The van der Waals surface area contributed by atoms with Gasteiger partial charge >= 0.3 is 0 Å². The Kier molecular flexibility index (Phi) is 7.53. The Morgan fingerprint density at radius 2 is 1.65 bits per heavy atom. The zero-order valence-electron chi connectivity index (χ0n) is 13.9. The van der Waals surface area contributed by atoms with Gasteiger partial charge in [-0.1, -0.05) is 83.3 Å². The number of para-hydroxylation sites is 1. The van der Waals surface area contributed by atoms with E-state index in [1.807, 2.05) is 61.5 Å². The van der Waals surface area contributed by atoms with Crippen LogP contribution in [0.4, 0.5) is 5.69 Å². The first kappa shape index (κ1) is 20.8. The number of amides is 1. The van der Waals surface area contributed by atoms with Gasteiger partial charge in [-0.15, -0.1) is 0 Å². The van der Waals surface area contributed by atoms with E-state index >= 15 is 0 Å². The number of halogens is 3. The van der Waals surface area contributed by atoms with Crippen molar-refractivity contribution in [1.29, 1.82) is 0 Å². The fraction of sp³-hybridized carbons (Fsp3) is 0.222. The summed E-state index contributed by atoms with van der Waals surface area (Å²) in [4.78, 5) is 12.3. The Labute approximate surface area is 173 Å². The lowest BCUT2D eigenvalue weighted by Gasteiger charge is -2.28. The van der Waals surface area contributed by atoms with Crippen LogP contribution in [0.2, 0.25) is 0 Å². The fourth-order valence-electron chi connectivity index (χ4n) is 2.20. The molecule has 0 radical (unpaired) electrons. The van der Waals surface area contributed by atoms with Gasteiger partial charge in [0.25, 0.3) is 0 Å². The van der Waals surface area contributed by atoms with Gasteiger partial charge in [-0.25, -0.2) is 0 Å². The SMILES string of the molecule is Cc1ccccc1NC(=S)N[C@@H](NC(=O)Cc1ccccc1)C(Cl)(Cl)Cl. The van der Waals surface area contributed by atoms with Gasteiger partial charge in [0.15, 0.2) is 5.11 Å². The number of hydrogen-bond acceptors (Lipinski definition) is 2. The van der Waals surface area contributed by atoms with Crippen molar-refractivity contribution in [2.24, 2.45) is 0 Å². The maximum Gasteiger partial charge on any atom is 0.228 e. The first-order chi connectivity index (χ1) is 12.3. The molecule has 138 valence electrons. The van der Waals surface area contributed by atoms with Gasteiger partial charge in [0.05, 0.1) is 6.42 Å². The molecule has 26 heavy (non-hydrogen) atoms. The van der Waals surface area contributed by atoms with Crippen molar-refractivity contribution >= 4 is 63.7 Å². The molecule has 0 saturated heterocycles. The van der Waals surface area contributed by atoms with E-state index in [4.69, 9.17) is 47.0 Å². The molecule has 1 atom stereocenters. The van der Waals surface area contributed by atoms with Crippen LogP contribution in [0.1, 0.15) is 11.1 Å². The largest absolute Gasteiger partial charge is 0.339 e. The van der Waals surface area contributed by atoms with Crippen molar-refractivity contribution in [1.82, 2.24) is 10.6 Å². The molecule has 0 saturated carbocycles. The van der Waals surface area contributed by atoms with Crippen molar-refractivity contribution in [3.8, 4) is 0 Å². The standard InChI is InChI=1S/C18H18Cl3N3OS/c1-12-7-5-6-10-14(12)22-17(26)24-16(18(19,20)21)23-15(25)11-13-8-3-2-4-9-13/h2-10,16H,11H2,1H3,(H,23,25)(H2,22,24,26)/t16-/m1/s1. The average Bonchev–Trinajstić information content (AvgIpc) is 2.56. The van der Waals surface area contributed by atoms with Crippen molar-refractivity contribution < 1.29 is 4.79 Å². The number of alkyl halides is 3. The molecular formula is C18H18Cl3N3OS. The molecule has 2 rings (SSSR count). The number of aryl methyl sites for hydroxylation is 1. The highest BCUT2D eigenvalue weighted by atomic mass is 35.6. The van der Waals surface area contributed by atoms with Crippen LogP contribution in [0.15, 0.2) is 54.6 Å². The van der Waals surface area contributed by atoms with E-state index in [0.717, 1.165) is 16.8 Å². The number of nitrogens with one attached hydrogen (secondary N) is 3. The van der Waals surface area contributed by atoms with Crippen molar-refractivity contribution in [3.05, 3.63) is 65.7 Å². The molecule has 0 bridgehead atoms. The number of hydrogen-bond donors (Lipinski definition) is 3. The summed E-state index contributed by atoms with van der Waals surface area (Å²) in [5.41, 5.74) is 2.69. The van der Waals surface area contributed by atoms with E-state index in [2.05, 4.69) is 16.0 Å². The van der Waals surface area contributed by atoms with Crippen LogP contribution in [0.3, 0.4) is 0 Å². The minimum Gasteiger partial charge on any atom is -0.339 e. The second kappa shape index (κ2) is 9.42. The Morgan fingerprint density at radius 3 is 2.27 bits per heavy atom. The molecular weight excluding hydrogens is 413 g/mol. The number of rotatable bonds is 5. The third-order valence-electron chi connectivity index (χ3n) is 3.51. The number of carbonyl (C=O) groups excluding carboxylic acids is 1. The molecule has 4 nitrogen and oxygen atoms in total. The van der Waals surface area contributed by atoms with Crippen LogP contribution in [0, 0.1) is 6.92 Å². The Hall–Kier alpha value is -1.53. The molecule has 0 aliphatic heterocycles. The highest BCUT2D eigenvalue weighted by molar-refractivity contribution is 7.80. The molecule has 2 aromatic rings. The van der Waals surface area contributed by atoms with Gasteiger partial charge in [0.2, 0.25) is 9.70 Å². The van der Waals surface area contributed by atoms with Crippen LogP contribution < -0.4 is 16.0 Å². The lowest BCUT2D eigenvalue weighted by Crippen LogP contribution is -2.56. The predicted molar refractivity (Wildman–Crippen MR) is 113 cm³/mol. The summed E-state index contributed by atoms with van der Waals surface area (Å²) < 4.78 is -1.79. The molecule has 8 heteroatoms. The van der Waals surface area contributed by atoms with Gasteiger partial charge in [-0.2, -0.15) is 0 Å². The van der Waals surface area contributed by atoms with E-state index in [9.17, 15) is 4.79 Å². The smallest absolute Gasteiger partial charge is 0.228 e. The van der Waals surface area contributed by atoms with Crippen LogP contribution in [0.25, 0.3) is 0 Å². The van der Waals surface area contributed by atoms with E-state index < -0.39 is 9.96 Å². The van der Waals surface area contributed by atoms with Gasteiger partial charge < -0.3 is 16.0 Å². The molecule has 0 unspecified atom stereocenters. The topological polar surface area (TPSA) is 53.2 Å². The van der Waals surface area contributed by atoms with Crippen molar-refractivity contribution in [3.63, 3.8) is 0 Å². The second-order valence-corrected chi connectivity index (χ2v) is 8.40. The first-order valence-electron chi connectivity index (χ1n) is 7.79. The highest BCUT2D eigenvalue weighted by Gasteiger charge is 2.34. The first-order valence-corrected chi connectivity index (χ1v) is 9.33. The maximum atomic E-state index is 12.3. The lowest BCUT2D eigenvalue weighted by atomic mass is 10.1. The minimum atomic E-state index is -1.79. The summed E-state index contributed by atoms with van der Waals surface area (Å²) in [5, 5.41) is 8.77. The molecule has 3 N–H and O–H groups in total. The van der Waals surface area contributed by atoms with Gasteiger partial charge in [0.1, 0.15) is 6.17 Å². The van der Waals surface area contributed by atoms with E-state index in [0.29, 0.717) is 0 Å². The molecule has 1 amide bonds. The average molecular weight is 431 g/mol. The van der Waals surface area contributed by atoms with Crippen LogP contribution in [0.5, 0.6) is 0 Å². The summed E-state index contributed by atoms with van der Waals surface area (Å²) in [6.07, 6.45) is -0.828. The summed E-state index contributed by atoms with van der Waals surface area (Å²) in [7, 11) is 0. The zero-order valence-corrected chi connectivity index (χ0v) is 17.0. The van der Waals surface area contributed by atoms with Gasteiger partial charge in [0, 0.05) is 5.69 Å². The van der Waals surface area contributed by atoms with Gasteiger partial charge in [-0.3, -0.25) is 4.79 Å². The van der Waals surface area contributed by atoms with Crippen LogP contribution in [-0.4, -0.2) is 21.0 Å². The molecule has 2 aromatic carbocycles. The summed E-state index contributed by atoms with van der Waals surface area (Å²) in [6.45, 7) is 1.94. The van der Waals surface area contributed by atoms with Crippen LogP contribution in [-0.2, 0) is 11.2 Å². The van der Waals surface area contributed by atoms with Crippen molar-refractivity contribution in [2.75, 3.05) is 5.32 Å². The molecule has 0 aliphatic rings. The van der Waals surface area contributed by atoms with Crippen LogP contribution >= 0.6 is 47.0 Å². The number of carbonyl (C=O) groups is 1. The quantitative estimate of drug-likeness (QED) is 0.375. The van der Waals surface area contributed by atoms with Crippen molar-refractivity contribution in [2.45, 2.75) is 23.3 Å². The maximum absolute atomic E-state index is 12.3. The zero-order chi connectivity index (χ0) is 19.2. The summed E-state index contributed by atoms with van der Waals surface area (Å²) >= 11 is 23.2. The molecule has 0 fully saturated rings. The fourth-order valence-corrected chi connectivity index (χ4v) is 2.75. The molecule has 0 spiro atoms. The summed E-state index contributed by atoms with van der Waals surface area (Å²) in [6, 6.07) is 16.9. The van der Waals surface area contributed by atoms with Gasteiger partial charge in [-0.05, 0) is 36.3 Å². The normalized spacial score (nSPS) is 12.2. The molecule has 0 heterocycles. The van der Waals surface area contributed by atoms with E-state index in [-0.39, 0.29) is 17.4 Å².